The molecule has 2 N–H and O–H groups in total. The molecule has 0 spiro atoms. The minimum absolute atomic E-state index is 0.118. The average Bonchev–Trinajstić information content (AvgIpc) is 3.02. The van der Waals surface area contributed by atoms with E-state index in [2.05, 4.69) is 44.8 Å². The van der Waals surface area contributed by atoms with Crippen molar-refractivity contribution in [3.05, 3.63) is 107 Å². The van der Waals surface area contributed by atoms with Crippen LogP contribution < -0.4 is 10.6 Å². The fourth-order valence-electron chi connectivity index (χ4n) is 5.94. The van der Waals surface area contributed by atoms with E-state index in [9.17, 15) is 9.59 Å². The lowest BCUT2D eigenvalue weighted by Crippen LogP contribution is -2.49. The molecule has 2 aliphatic rings. The molecule has 0 aliphatic carbocycles. The van der Waals surface area contributed by atoms with E-state index in [4.69, 9.17) is 16.3 Å². The third-order valence-corrected chi connectivity index (χ3v) is 8.33. The summed E-state index contributed by atoms with van der Waals surface area (Å²) in [6.45, 7) is 4.10. The van der Waals surface area contributed by atoms with Crippen LogP contribution in [0.2, 0.25) is 5.02 Å². The van der Waals surface area contributed by atoms with Gasteiger partial charge in [-0.1, -0.05) is 90.8 Å². The van der Waals surface area contributed by atoms with Gasteiger partial charge in [0, 0.05) is 24.0 Å². The summed E-state index contributed by atoms with van der Waals surface area (Å²) in [5.74, 6) is -0.782. The Labute approximate surface area is 253 Å². The predicted molar refractivity (Wildman–Crippen MR) is 167 cm³/mol. The molecule has 0 saturated carbocycles. The van der Waals surface area contributed by atoms with Crippen molar-refractivity contribution in [3.63, 3.8) is 0 Å². The molecule has 0 radical (unpaired) electrons. The molecule has 2 unspecified atom stereocenters. The van der Waals surface area contributed by atoms with E-state index in [-0.39, 0.29) is 18.4 Å². The summed E-state index contributed by atoms with van der Waals surface area (Å²) in [7, 11) is 0. The summed E-state index contributed by atoms with van der Waals surface area (Å²) in [6, 6.07) is 26.8. The molecule has 3 amide bonds. The Bertz CT molecular complexity index is 1310. The van der Waals surface area contributed by atoms with Gasteiger partial charge in [-0.15, -0.1) is 0 Å². The molecule has 220 valence electrons. The first-order chi connectivity index (χ1) is 20.6. The van der Waals surface area contributed by atoms with E-state index in [1.54, 1.807) is 12.1 Å². The van der Waals surface area contributed by atoms with E-state index in [0.29, 0.717) is 23.9 Å². The Balaban J connectivity index is 1.29. The molecule has 2 aliphatic heterocycles. The Morgan fingerprint density at radius 1 is 0.976 bits per heavy atom. The van der Waals surface area contributed by atoms with Gasteiger partial charge in [-0.3, -0.25) is 4.79 Å². The molecule has 1 fully saturated rings. The molecule has 0 aromatic heterocycles. The number of nitrogens with one attached hydrogen (secondary N) is 2. The number of aliphatic imine (C=N–C) groups is 1. The normalized spacial score (nSPS) is 19.3. The van der Waals surface area contributed by atoms with Crippen LogP contribution in [0.3, 0.4) is 0 Å². The van der Waals surface area contributed by atoms with Crippen LogP contribution in [0.4, 0.5) is 4.79 Å². The molecule has 8 heteroatoms. The van der Waals surface area contributed by atoms with Crippen LogP contribution in [-0.4, -0.2) is 61.9 Å². The molecule has 3 aromatic rings. The second-order valence-corrected chi connectivity index (χ2v) is 11.4. The zero-order valence-electron chi connectivity index (χ0n) is 23.9. The van der Waals surface area contributed by atoms with Gasteiger partial charge in [0.25, 0.3) is 0 Å². The number of urea groups is 1. The van der Waals surface area contributed by atoms with E-state index >= 15 is 0 Å². The first kappa shape index (κ1) is 30.0. The largest absolute Gasteiger partial charge is 0.374 e. The number of amides is 3. The van der Waals surface area contributed by atoms with E-state index in [1.807, 2.05) is 48.5 Å². The van der Waals surface area contributed by atoms with Gasteiger partial charge in [0.15, 0.2) is 0 Å². The highest BCUT2D eigenvalue weighted by atomic mass is 35.5. The summed E-state index contributed by atoms with van der Waals surface area (Å²) in [5, 5.41) is 6.60. The fourth-order valence-corrected chi connectivity index (χ4v) is 6.14. The molecule has 2 heterocycles. The number of carbonyl (C=O) groups excluding carboxylic acids is 2. The Morgan fingerprint density at radius 3 is 2.33 bits per heavy atom. The zero-order valence-corrected chi connectivity index (χ0v) is 24.6. The third kappa shape index (κ3) is 8.06. The lowest BCUT2D eigenvalue weighted by Gasteiger charge is -2.32. The van der Waals surface area contributed by atoms with E-state index in [0.717, 1.165) is 31.6 Å². The second-order valence-electron chi connectivity index (χ2n) is 11.0. The molecule has 1 saturated heterocycles. The SMILES string of the molecule is O=C1N=C(COCCN2CCCCC2)C(C(=O)NCCC(c2ccccc2)c2ccccc2)C(c2cccc(Cl)c2)N1. The number of hydrogen-bond donors (Lipinski definition) is 2. The molecular formula is C34H39ClN4O3. The van der Waals surface area contributed by atoms with Crippen molar-refractivity contribution >= 4 is 29.3 Å². The minimum Gasteiger partial charge on any atom is -0.374 e. The second kappa shape index (κ2) is 15.1. The maximum atomic E-state index is 13.9. The summed E-state index contributed by atoms with van der Waals surface area (Å²) in [5.41, 5.74) is 3.58. The van der Waals surface area contributed by atoms with Crippen LogP contribution in [0.5, 0.6) is 0 Å². The Morgan fingerprint density at radius 2 is 1.67 bits per heavy atom. The van der Waals surface area contributed by atoms with Gasteiger partial charge in [-0.2, -0.15) is 4.99 Å². The first-order valence-corrected chi connectivity index (χ1v) is 15.3. The first-order valence-electron chi connectivity index (χ1n) is 14.9. The van der Waals surface area contributed by atoms with Gasteiger partial charge in [0.1, 0.15) is 5.92 Å². The predicted octanol–water partition coefficient (Wildman–Crippen LogP) is 6.00. The number of halogens is 1. The van der Waals surface area contributed by atoms with Crippen molar-refractivity contribution in [1.29, 1.82) is 0 Å². The van der Waals surface area contributed by atoms with Crippen molar-refractivity contribution in [2.45, 2.75) is 37.6 Å². The van der Waals surface area contributed by atoms with Crippen molar-refractivity contribution in [3.8, 4) is 0 Å². The van der Waals surface area contributed by atoms with Crippen LogP contribution >= 0.6 is 11.6 Å². The van der Waals surface area contributed by atoms with Gasteiger partial charge in [0.2, 0.25) is 5.91 Å². The number of rotatable bonds is 12. The summed E-state index contributed by atoms with van der Waals surface area (Å²) in [4.78, 5) is 33.2. The maximum absolute atomic E-state index is 13.9. The van der Waals surface area contributed by atoms with Crippen LogP contribution in [0.1, 0.15) is 54.3 Å². The third-order valence-electron chi connectivity index (χ3n) is 8.09. The minimum atomic E-state index is -0.719. The van der Waals surface area contributed by atoms with Gasteiger partial charge < -0.3 is 20.3 Å². The molecule has 3 aromatic carbocycles. The number of nitrogens with zero attached hydrogens (tertiary/aromatic N) is 2. The number of piperidine rings is 1. The van der Waals surface area contributed by atoms with Gasteiger partial charge >= 0.3 is 6.03 Å². The lowest BCUT2D eigenvalue weighted by atomic mass is 9.86. The summed E-state index contributed by atoms with van der Waals surface area (Å²) < 4.78 is 6.01. The Hall–Kier alpha value is -3.52. The highest BCUT2D eigenvalue weighted by Crippen LogP contribution is 2.30. The van der Waals surface area contributed by atoms with Crippen molar-refractivity contribution < 1.29 is 14.3 Å². The smallest absolute Gasteiger partial charge is 0.341 e. The molecule has 0 bridgehead atoms. The quantitative estimate of drug-likeness (QED) is 0.255. The van der Waals surface area contributed by atoms with Crippen LogP contribution in [-0.2, 0) is 9.53 Å². The monoisotopic (exact) mass is 586 g/mol. The number of carbonyl (C=O) groups is 2. The molecule has 7 nitrogen and oxygen atoms in total. The number of likely N-dealkylation sites (tertiary alicyclic amines) is 1. The zero-order chi connectivity index (χ0) is 29.1. The fraction of sp³-hybridized carbons (Fsp3) is 0.382. The van der Waals surface area contributed by atoms with Crippen LogP contribution in [0.25, 0.3) is 0 Å². The number of benzene rings is 3. The number of hydrogen-bond acceptors (Lipinski definition) is 4. The van der Waals surface area contributed by atoms with Crippen molar-refractivity contribution in [2.75, 3.05) is 39.4 Å². The lowest BCUT2D eigenvalue weighted by molar-refractivity contribution is -0.123. The van der Waals surface area contributed by atoms with Gasteiger partial charge in [-0.25, -0.2) is 4.79 Å². The van der Waals surface area contributed by atoms with Crippen molar-refractivity contribution in [2.24, 2.45) is 10.9 Å². The Kier molecular flexibility index (Phi) is 10.8. The standard InChI is InChI=1S/C34H39ClN4O3/c35-28-16-10-15-27(23-28)32-31(30(37-34(41)38-32)24-42-22-21-39-19-8-3-9-20-39)33(40)36-18-17-29(25-11-4-1-5-12-25)26-13-6-2-7-14-26/h1-2,4-7,10-16,23,29,31-32H,3,8-9,17-22,24H2,(H,36,40)(H,38,41). The summed E-state index contributed by atoms with van der Waals surface area (Å²) >= 11 is 6.30. The summed E-state index contributed by atoms with van der Waals surface area (Å²) in [6.07, 6.45) is 4.43. The highest BCUT2D eigenvalue weighted by molar-refractivity contribution is 6.30. The van der Waals surface area contributed by atoms with Crippen LogP contribution in [0.15, 0.2) is 89.9 Å². The van der Waals surface area contributed by atoms with Crippen molar-refractivity contribution in [1.82, 2.24) is 15.5 Å². The number of ether oxygens (including phenoxy) is 1. The maximum Gasteiger partial charge on any atom is 0.341 e. The van der Waals surface area contributed by atoms with Crippen LogP contribution in [0, 0.1) is 5.92 Å². The topological polar surface area (TPSA) is 83.0 Å². The van der Waals surface area contributed by atoms with Gasteiger partial charge in [-0.05, 0) is 61.2 Å². The highest BCUT2D eigenvalue weighted by Gasteiger charge is 2.39. The van der Waals surface area contributed by atoms with E-state index in [1.165, 1.54) is 30.4 Å². The molecule has 5 rings (SSSR count). The van der Waals surface area contributed by atoms with Gasteiger partial charge in [0.05, 0.1) is 25.0 Å². The van der Waals surface area contributed by atoms with E-state index < -0.39 is 18.0 Å². The molecule has 2 atom stereocenters. The average molecular weight is 587 g/mol. The molecule has 42 heavy (non-hydrogen) atoms. The molecular weight excluding hydrogens is 548 g/mol.